The number of nitrogens with zero attached hydrogens (tertiary/aromatic N) is 6. The first-order chi connectivity index (χ1) is 17.1. The average molecular weight is 477 g/mol. The molecule has 182 valence electrons. The summed E-state index contributed by atoms with van der Waals surface area (Å²) in [5, 5.41) is 9.28. The van der Waals surface area contributed by atoms with Gasteiger partial charge in [-0.25, -0.2) is 19.7 Å². The molecule has 0 aliphatic heterocycles. The Morgan fingerprint density at radius 3 is 2.49 bits per heavy atom. The summed E-state index contributed by atoms with van der Waals surface area (Å²) in [4.78, 5) is 40.3. The Balaban J connectivity index is 1.68. The van der Waals surface area contributed by atoms with Crippen LogP contribution in [0, 0.1) is 0 Å². The number of imidazole rings is 1. The molecule has 5 rings (SSSR count). The summed E-state index contributed by atoms with van der Waals surface area (Å²) in [6.07, 6.45) is 6.86. The van der Waals surface area contributed by atoms with Crippen molar-refractivity contribution in [3.05, 3.63) is 69.1 Å². The van der Waals surface area contributed by atoms with Crippen molar-refractivity contribution < 1.29 is 9.84 Å². The summed E-state index contributed by atoms with van der Waals surface area (Å²) in [7, 11) is 0. The maximum atomic E-state index is 13.5. The zero-order valence-corrected chi connectivity index (χ0v) is 19.6. The predicted molar refractivity (Wildman–Crippen MR) is 130 cm³/mol. The van der Waals surface area contributed by atoms with Gasteiger partial charge in [0.2, 0.25) is 5.88 Å². The van der Waals surface area contributed by atoms with E-state index in [-0.39, 0.29) is 19.3 Å². The summed E-state index contributed by atoms with van der Waals surface area (Å²) in [5.41, 5.74) is 1.21. The van der Waals surface area contributed by atoms with E-state index in [1.807, 2.05) is 37.3 Å². The number of fused-ring (bicyclic) bond motifs is 1. The van der Waals surface area contributed by atoms with Crippen LogP contribution in [-0.2, 0) is 19.6 Å². The van der Waals surface area contributed by atoms with E-state index < -0.39 is 11.2 Å². The smallest absolute Gasteiger partial charge is 0.332 e. The summed E-state index contributed by atoms with van der Waals surface area (Å²) in [6, 6.07) is 9.73. The molecule has 1 fully saturated rings. The molecule has 10 heteroatoms. The second-order valence-electron chi connectivity index (χ2n) is 8.65. The van der Waals surface area contributed by atoms with Crippen molar-refractivity contribution in [3.8, 4) is 17.4 Å². The Morgan fingerprint density at radius 2 is 1.86 bits per heavy atom. The molecule has 0 bridgehead atoms. The fourth-order valence-corrected chi connectivity index (χ4v) is 4.27. The Hall–Kier alpha value is -3.79. The molecule has 4 aromatic rings. The van der Waals surface area contributed by atoms with Crippen LogP contribution in [0.25, 0.3) is 22.7 Å². The number of aromatic nitrogens is 6. The van der Waals surface area contributed by atoms with Crippen LogP contribution in [0.3, 0.4) is 0 Å². The third-order valence-corrected chi connectivity index (χ3v) is 6.35. The van der Waals surface area contributed by atoms with E-state index in [0.29, 0.717) is 48.1 Å². The van der Waals surface area contributed by atoms with Gasteiger partial charge in [0.1, 0.15) is 11.8 Å². The molecular weight excluding hydrogens is 448 g/mol. The molecule has 10 nitrogen and oxygen atoms in total. The highest BCUT2D eigenvalue weighted by Crippen LogP contribution is 2.26. The minimum absolute atomic E-state index is 0.116. The van der Waals surface area contributed by atoms with E-state index in [2.05, 4.69) is 9.97 Å². The van der Waals surface area contributed by atoms with Gasteiger partial charge in [-0.15, -0.1) is 0 Å². The summed E-state index contributed by atoms with van der Waals surface area (Å²) >= 11 is 0. The van der Waals surface area contributed by atoms with Crippen LogP contribution in [0.1, 0.15) is 38.2 Å². The van der Waals surface area contributed by atoms with E-state index in [4.69, 9.17) is 9.72 Å². The van der Waals surface area contributed by atoms with Gasteiger partial charge in [0, 0.05) is 26.2 Å². The monoisotopic (exact) mass is 476 g/mol. The highest BCUT2D eigenvalue weighted by Gasteiger charge is 2.24. The van der Waals surface area contributed by atoms with Crippen molar-refractivity contribution in [3.63, 3.8) is 0 Å². The molecule has 0 radical (unpaired) electrons. The first kappa shape index (κ1) is 23.0. The lowest BCUT2D eigenvalue weighted by atomic mass is 9.96. The van der Waals surface area contributed by atoms with Crippen molar-refractivity contribution in [2.45, 2.75) is 58.3 Å². The third kappa shape index (κ3) is 4.37. The van der Waals surface area contributed by atoms with E-state index in [0.717, 1.165) is 24.8 Å². The summed E-state index contributed by atoms with van der Waals surface area (Å²) in [6.45, 7) is 2.56. The zero-order valence-electron chi connectivity index (χ0n) is 19.6. The third-order valence-electron chi connectivity index (χ3n) is 6.35. The van der Waals surface area contributed by atoms with Crippen molar-refractivity contribution >= 4 is 11.2 Å². The number of ether oxygens (including phenoxy) is 1. The van der Waals surface area contributed by atoms with Crippen LogP contribution in [0.15, 0.2) is 52.3 Å². The van der Waals surface area contributed by atoms with E-state index in [1.54, 1.807) is 17.0 Å². The van der Waals surface area contributed by atoms with Gasteiger partial charge in [-0.1, -0.05) is 30.3 Å². The van der Waals surface area contributed by atoms with Gasteiger partial charge in [-0.05, 0) is 38.2 Å². The van der Waals surface area contributed by atoms with Crippen molar-refractivity contribution in [2.75, 3.05) is 6.61 Å². The summed E-state index contributed by atoms with van der Waals surface area (Å²) in [5.74, 6) is 0.908. The minimum atomic E-state index is -0.440. The molecule has 0 amide bonds. The van der Waals surface area contributed by atoms with Gasteiger partial charge in [-0.2, -0.15) is 0 Å². The van der Waals surface area contributed by atoms with Gasteiger partial charge in [0.25, 0.3) is 5.56 Å². The van der Waals surface area contributed by atoms with Gasteiger partial charge < -0.3 is 14.4 Å². The molecule has 1 saturated carbocycles. The molecule has 1 aliphatic rings. The van der Waals surface area contributed by atoms with Gasteiger partial charge in [0.15, 0.2) is 17.0 Å². The molecule has 1 N–H and O–H groups in total. The van der Waals surface area contributed by atoms with Crippen molar-refractivity contribution in [2.24, 2.45) is 0 Å². The molecule has 3 heterocycles. The van der Waals surface area contributed by atoms with Crippen molar-refractivity contribution in [1.29, 1.82) is 0 Å². The van der Waals surface area contributed by atoms with E-state index in [9.17, 15) is 14.7 Å². The fourth-order valence-electron chi connectivity index (χ4n) is 4.27. The number of benzene rings is 1. The second-order valence-corrected chi connectivity index (χ2v) is 8.65. The highest BCUT2D eigenvalue weighted by molar-refractivity contribution is 5.76. The first-order valence-corrected chi connectivity index (χ1v) is 12.0. The number of aryl methyl sites for hydroxylation is 1. The first-order valence-electron chi connectivity index (χ1n) is 12.0. The van der Waals surface area contributed by atoms with Crippen LogP contribution in [-0.4, -0.2) is 46.5 Å². The lowest BCUT2D eigenvalue weighted by Crippen LogP contribution is -2.40. The van der Waals surface area contributed by atoms with Crippen LogP contribution in [0.2, 0.25) is 0 Å². The van der Waals surface area contributed by atoms with Gasteiger partial charge in [-0.3, -0.25) is 13.9 Å². The SMILES string of the molecule is CCn1c(=O)n(CCCO)c(=O)c2c1nc(-c1cnc(OC3CCC3)cn1)n2Cc1ccccc1. The van der Waals surface area contributed by atoms with Crippen LogP contribution in [0.5, 0.6) is 5.88 Å². The molecule has 35 heavy (non-hydrogen) atoms. The normalized spacial score (nSPS) is 13.8. The van der Waals surface area contributed by atoms with Crippen molar-refractivity contribution in [1.82, 2.24) is 28.7 Å². The lowest BCUT2D eigenvalue weighted by Gasteiger charge is -2.25. The standard InChI is InChI=1S/C25H28N6O4/c1-2-29-23-21(24(33)30(25(29)34)12-7-13-32)31(16-17-8-4-3-5-9-17)22(28-23)19-14-27-20(15-26-19)35-18-10-6-11-18/h3-5,8-9,14-15,18,32H,2,6-7,10-13,16H2,1H3. The molecule has 0 spiro atoms. The van der Waals surface area contributed by atoms with Gasteiger partial charge in [0.05, 0.1) is 12.4 Å². The molecule has 1 aromatic carbocycles. The number of aliphatic hydroxyl groups is 1. The largest absolute Gasteiger partial charge is 0.473 e. The number of rotatable bonds is 9. The predicted octanol–water partition coefficient (Wildman–Crippen LogP) is 2.20. The fraction of sp³-hybridized carbons (Fsp3) is 0.400. The van der Waals surface area contributed by atoms with E-state index >= 15 is 0 Å². The van der Waals surface area contributed by atoms with Gasteiger partial charge >= 0.3 is 5.69 Å². The Labute approximate surface area is 201 Å². The van der Waals surface area contributed by atoms with E-state index in [1.165, 1.54) is 9.13 Å². The van der Waals surface area contributed by atoms with Crippen LogP contribution < -0.4 is 16.0 Å². The lowest BCUT2D eigenvalue weighted by molar-refractivity contribution is 0.114. The molecule has 3 aromatic heterocycles. The highest BCUT2D eigenvalue weighted by atomic mass is 16.5. The van der Waals surface area contributed by atoms with Crippen LogP contribution >= 0.6 is 0 Å². The molecule has 1 aliphatic carbocycles. The average Bonchev–Trinajstić information content (AvgIpc) is 3.21. The number of aliphatic hydroxyl groups excluding tert-OH is 1. The second kappa shape index (κ2) is 9.83. The number of hydrogen-bond donors (Lipinski definition) is 1. The Kier molecular flexibility index (Phi) is 6.45. The molecular formula is C25H28N6O4. The number of hydrogen-bond acceptors (Lipinski definition) is 7. The molecule has 0 saturated heterocycles. The Morgan fingerprint density at radius 1 is 1.06 bits per heavy atom. The Bertz CT molecular complexity index is 1440. The topological polar surface area (TPSA) is 117 Å². The quantitative estimate of drug-likeness (QED) is 0.394. The molecule has 0 atom stereocenters. The molecule has 0 unspecified atom stereocenters. The maximum Gasteiger partial charge on any atom is 0.332 e. The minimum Gasteiger partial charge on any atom is -0.473 e. The van der Waals surface area contributed by atoms with Crippen LogP contribution in [0.4, 0.5) is 0 Å². The zero-order chi connectivity index (χ0) is 24.4. The summed E-state index contributed by atoms with van der Waals surface area (Å²) < 4.78 is 10.3. The maximum absolute atomic E-state index is 13.5.